The van der Waals surface area contributed by atoms with E-state index in [0.717, 1.165) is 57.8 Å². The van der Waals surface area contributed by atoms with Crippen LogP contribution in [0.5, 0.6) is 0 Å². The molecule has 0 aromatic carbocycles. The van der Waals surface area contributed by atoms with E-state index in [1.54, 1.807) is 0 Å². The van der Waals surface area contributed by atoms with E-state index in [-0.39, 0.29) is 19.4 Å². The first-order chi connectivity index (χ1) is 25.1. The van der Waals surface area contributed by atoms with Gasteiger partial charge in [-0.15, -0.1) is 0 Å². The molecular formula is C40H70NO10P. The molecule has 0 bridgehead atoms. The average molecular weight is 756 g/mol. The van der Waals surface area contributed by atoms with Gasteiger partial charge in [0, 0.05) is 12.8 Å². The predicted octanol–water partition coefficient (Wildman–Crippen LogP) is 9.83. The molecule has 12 heteroatoms. The number of hydrogen-bond donors (Lipinski definition) is 3. The highest BCUT2D eigenvalue weighted by Gasteiger charge is 2.28. The van der Waals surface area contributed by atoms with Crippen LogP contribution in [0.1, 0.15) is 155 Å². The Balaban J connectivity index is 4.42. The quantitative estimate of drug-likeness (QED) is 0.0241. The molecule has 0 radical (unpaired) electrons. The standard InChI is InChI=1S/C40H70NO10P/c1-3-5-7-9-11-13-14-15-16-17-18-19-20-21-22-24-25-27-29-31-38(42)48-33-36(34-49-52(46,47)50-35-37(41)40(44)45)51-39(43)32-30-28-26-23-12-10-8-6-4-2/h11,13,15-16,18-19,21-22,36-37H,3-10,12,14,17,20,23-35,41H2,1-2H3,(H,44,45)(H,46,47)/b13-11+,16-15+,19-18+,22-21+/t36-,37+/m0/s1. The molecule has 3 atom stereocenters. The first-order valence-corrected chi connectivity index (χ1v) is 21.2. The lowest BCUT2D eigenvalue weighted by molar-refractivity contribution is -0.161. The fraction of sp³-hybridized carbons (Fsp3) is 0.725. The van der Waals surface area contributed by atoms with Gasteiger partial charge in [0.15, 0.2) is 6.10 Å². The van der Waals surface area contributed by atoms with Crippen LogP contribution in [0, 0.1) is 0 Å². The van der Waals surface area contributed by atoms with Gasteiger partial charge < -0.3 is 25.2 Å². The number of allylic oxidation sites excluding steroid dienone is 8. The number of carboxylic acids is 1. The summed E-state index contributed by atoms with van der Waals surface area (Å²) in [6, 6.07) is -1.52. The van der Waals surface area contributed by atoms with Crippen molar-refractivity contribution in [3.05, 3.63) is 48.6 Å². The van der Waals surface area contributed by atoms with E-state index >= 15 is 0 Å². The maximum absolute atomic E-state index is 12.5. The van der Waals surface area contributed by atoms with Crippen molar-refractivity contribution in [3.63, 3.8) is 0 Å². The molecule has 0 spiro atoms. The van der Waals surface area contributed by atoms with E-state index in [2.05, 4.69) is 67.0 Å². The Bertz CT molecular complexity index is 1070. The largest absolute Gasteiger partial charge is 0.480 e. The summed E-state index contributed by atoms with van der Waals surface area (Å²) in [4.78, 5) is 45.7. The van der Waals surface area contributed by atoms with Gasteiger partial charge in [-0.2, -0.15) is 0 Å². The van der Waals surface area contributed by atoms with Gasteiger partial charge in [0.25, 0.3) is 0 Å². The molecular weight excluding hydrogens is 685 g/mol. The Morgan fingerprint density at radius 3 is 1.56 bits per heavy atom. The van der Waals surface area contributed by atoms with Crippen molar-refractivity contribution in [2.75, 3.05) is 19.8 Å². The summed E-state index contributed by atoms with van der Waals surface area (Å²) in [5, 5.41) is 8.85. The van der Waals surface area contributed by atoms with Crippen molar-refractivity contribution in [2.45, 2.75) is 167 Å². The van der Waals surface area contributed by atoms with Crippen LogP contribution in [-0.4, -0.2) is 59.9 Å². The number of hydrogen-bond acceptors (Lipinski definition) is 9. The second kappa shape index (κ2) is 35.5. The van der Waals surface area contributed by atoms with Crippen molar-refractivity contribution >= 4 is 25.7 Å². The van der Waals surface area contributed by atoms with Gasteiger partial charge in [-0.1, -0.05) is 133 Å². The molecule has 11 nitrogen and oxygen atoms in total. The Morgan fingerprint density at radius 1 is 0.596 bits per heavy atom. The van der Waals surface area contributed by atoms with Crippen LogP contribution in [0.2, 0.25) is 0 Å². The smallest absolute Gasteiger partial charge is 0.472 e. The number of unbranched alkanes of at least 4 members (excludes halogenated alkanes) is 14. The van der Waals surface area contributed by atoms with Gasteiger partial charge >= 0.3 is 25.7 Å². The van der Waals surface area contributed by atoms with Crippen LogP contribution in [0.3, 0.4) is 0 Å². The lowest BCUT2D eigenvalue weighted by Crippen LogP contribution is -2.34. The Hall–Kier alpha value is -2.56. The minimum absolute atomic E-state index is 0.153. The summed E-state index contributed by atoms with van der Waals surface area (Å²) in [6.07, 6.45) is 37.6. The van der Waals surface area contributed by atoms with Crippen LogP contribution >= 0.6 is 7.82 Å². The van der Waals surface area contributed by atoms with Crippen molar-refractivity contribution in [3.8, 4) is 0 Å². The Kier molecular flexibility index (Phi) is 33.7. The molecule has 0 aliphatic carbocycles. The van der Waals surface area contributed by atoms with Crippen LogP contribution in [-0.2, 0) is 37.5 Å². The Morgan fingerprint density at radius 2 is 1.02 bits per heavy atom. The SMILES string of the molecule is CCCCC/C=C/C/C=C/C/C=C/C/C=C/CCCCCC(=O)OC[C@@H](COP(=O)(O)OC[C@@H](N)C(=O)O)OC(=O)CCCCCCCCCCC. The molecule has 0 aliphatic heterocycles. The van der Waals surface area contributed by atoms with Gasteiger partial charge in [0.05, 0.1) is 13.2 Å². The summed E-state index contributed by atoms with van der Waals surface area (Å²) in [5.74, 6) is -2.43. The zero-order valence-electron chi connectivity index (χ0n) is 32.1. The van der Waals surface area contributed by atoms with E-state index in [4.69, 9.17) is 24.8 Å². The minimum atomic E-state index is -4.71. The van der Waals surface area contributed by atoms with Gasteiger partial charge in [0.1, 0.15) is 12.6 Å². The van der Waals surface area contributed by atoms with E-state index in [1.165, 1.54) is 57.8 Å². The van der Waals surface area contributed by atoms with E-state index in [1.807, 2.05) is 0 Å². The zero-order valence-corrected chi connectivity index (χ0v) is 33.0. The number of phosphoric ester groups is 1. The molecule has 0 fully saturated rings. The predicted molar refractivity (Wildman–Crippen MR) is 208 cm³/mol. The first-order valence-electron chi connectivity index (χ1n) is 19.7. The number of carbonyl (C=O) groups excluding carboxylic acids is 2. The molecule has 1 unspecified atom stereocenters. The van der Waals surface area contributed by atoms with E-state index in [9.17, 15) is 23.8 Å². The van der Waals surface area contributed by atoms with Crippen molar-refractivity contribution in [1.82, 2.24) is 0 Å². The monoisotopic (exact) mass is 755 g/mol. The second-order valence-corrected chi connectivity index (χ2v) is 14.5. The normalized spacial score (nSPS) is 14.4. The molecule has 0 heterocycles. The number of carboxylic acid groups (broad SMARTS) is 1. The molecule has 0 saturated carbocycles. The summed E-state index contributed by atoms with van der Waals surface area (Å²) in [7, 11) is -4.71. The van der Waals surface area contributed by atoms with Crippen LogP contribution in [0.15, 0.2) is 48.6 Å². The number of rotatable bonds is 36. The number of carbonyl (C=O) groups is 3. The lowest BCUT2D eigenvalue weighted by Gasteiger charge is -2.20. The number of ether oxygens (including phenoxy) is 2. The van der Waals surface area contributed by atoms with Gasteiger partial charge in [0.2, 0.25) is 0 Å². The highest BCUT2D eigenvalue weighted by molar-refractivity contribution is 7.47. The number of esters is 2. The number of nitrogens with two attached hydrogens (primary N) is 1. The third kappa shape index (κ3) is 34.5. The van der Waals surface area contributed by atoms with Crippen molar-refractivity contribution in [2.24, 2.45) is 5.73 Å². The molecule has 4 N–H and O–H groups in total. The zero-order chi connectivity index (χ0) is 38.5. The van der Waals surface area contributed by atoms with Crippen LogP contribution in [0.25, 0.3) is 0 Å². The molecule has 52 heavy (non-hydrogen) atoms. The van der Waals surface area contributed by atoms with Crippen LogP contribution < -0.4 is 5.73 Å². The Labute approximate surface area is 314 Å². The number of aliphatic carboxylic acids is 1. The highest BCUT2D eigenvalue weighted by atomic mass is 31.2. The topological polar surface area (TPSA) is 172 Å². The maximum Gasteiger partial charge on any atom is 0.472 e. The molecule has 0 saturated heterocycles. The summed E-state index contributed by atoms with van der Waals surface area (Å²) in [6.45, 7) is 2.69. The highest BCUT2D eigenvalue weighted by Crippen LogP contribution is 2.43. The number of phosphoric acid groups is 1. The van der Waals surface area contributed by atoms with Gasteiger partial charge in [-0.05, 0) is 57.8 Å². The summed E-state index contributed by atoms with van der Waals surface area (Å²) >= 11 is 0. The fourth-order valence-electron chi connectivity index (χ4n) is 4.93. The maximum atomic E-state index is 12.5. The fourth-order valence-corrected chi connectivity index (χ4v) is 5.71. The summed E-state index contributed by atoms with van der Waals surface area (Å²) < 4.78 is 32.5. The molecule has 0 aliphatic rings. The van der Waals surface area contributed by atoms with Crippen molar-refractivity contribution < 1.29 is 47.5 Å². The first kappa shape index (κ1) is 49.4. The van der Waals surface area contributed by atoms with Crippen molar-refractivity contribution in [1.29, 1.82) is 0 Å². The molecule has 0 rings (SSSR count). The van der Waals surface area contributed by atoms with E-state index < -0.39 is 51.1 Å². The lowest BCUT2D eigenvalue weighted by atomic mass is 10.1. The molecule has 0 aromatic heterocycles. The average Bonchev–Trinajstić information content (AvgIpc) is 3.12. The molecule has 0 amide bonds. The van der Waals surface area contributed by atoms with Gasteiger partial charge in [-0.25, -0.2) is 4.57 Å². The van der Waals surface area contributed by atoms with Gasteiger partial charge in [-0.3, -0.25) is 23.4 Å². The van der Waals surface area contributed by atoms with Crippen LogP contribution in [0.4, 0.5) is 0 Å². The summed E-state index contributed by atoms with van der Waals surface area (Å²) in [5.41, 5.74) is 5.31. The minimum Gasteiger partial charge on any atom is -0.480 e. The third-order valence-electron chi connectivity index (χ3n) is 8.08. The molecule has 300 valence electrons. The third-order valence-corrected chi connectivity index (χ3v) is 9.03. The molecule has 0 aromatic rings. The van der Waals surface area contributed by atoms with E-state index in [0.29, 0.717) is 12.8 Å². The second-order valence-electron chi connectivity index (χ2n) is 13.1.